The average molecular weight is 403 g/mol. The van der Waals surface area contributed by atoms with Crippen LogP contribution in [0.25, 0.3) is 6.08 Å². The molecule has 1 atom stereocenters. The number of amides is 1. The molecule has 5 heteroatoms. The van der Waals surface area contributed by atoms with Gasteiger partial charge in [0.2, 0.25) is 5.91 Å². The van der Waals surface area contributed by atoms with Crippen molar-refractivity contribution in [2.45, 2.75) is 47.2 Å². The van der Waals surface area contributed by atoms with Crippen LogP contribution < -0.4 is 0 Å². The van der Waals surface area contributed by atoms with E-state index < -0.39 is 0 Å². The molecule has 0 N–H and O–H groups in total. The monoisotopic (exact) mass is 402 g/mol. The lowest BCUT2D eigenvalue weighted by Crippen LogP contribution is -2.32. The minimum absolute atomic E-state index is 0.0149. The topological polar surface area (TPSA) is 51.0 Å². The summed E-state index contributed by atoms with van der Waals surface area (Å²) >= 11 is 0. The summed E-state index contributed by atoms with van der Waals surface area (Å²) in [5.41, 5.74) is 6.46. The second-order valence-electron chi connectivity index (χ2n) is 7.65. The van der Waals surface area contributed by atoms with Crippen LogP contribution in [0.2, 0.25) is 0 Å². The maximum atomic E-state index is 12.9. The van der Waals surface area contributed by atoms with E-state index in [1.807, 2.05) is 61.7 Å². The molecule has 0 radical (unpaired) electrons. The van der Waals surface area contributed by atoms with Gasteiger partial charge >= 0.3 is 0 Å². The van der Waals surface area contributed by atoms with Crippen molar-refractivity contribution in [2.24, 2.45) is 0 Å². The smallest absolute Gasteiger partial charge is 0.247 e. The Morgan fingerprint density at radius 1 is 1.17 bits per heavy atom. The highest BCUT2D eigenvalue weighted by Crippen LogP contribution is 2.21. The fraction of sp³-hybridized carbons (Fsp3) is 0.320. The van der Waals surface area contributed by atoms with E-state index in [4.69, 9.17) is 0 Å². The summed E-state index contributed by atoms with van der Waals surface area (Å²) in [5, 5.41) is 4.69. The number of aromatic nitrogens is 3. The fourth-order valence-corrected chi connectivity index (χ4v) is 3.65. The van der Waals surface area contributed by atoms with E-state index in [0.29, 0.717) is 13.1 Å². The summed E-state index contributed by atoms with van der Waals surface area (Å²) in [6.07, 6.45) is 7.11. The standard InChI is InChI=1S/C25H30N4O/c1-6-28(20(4)23-8-7-15-26-16-23)25(30)14-13-24-19(3)27-29(21(24)5)17-22-11-9-18(2)10-12-22/h7-16,20H,6,17H2,1-5H3/b14-13+. The second-order valence-corrected chi connectivity index (χ2v) is 7.65. The Bertz CT molecular complexity index is 1020. The Hall–Kier alpha value is -3.21. The van der Waals surface area contributed by atoms with Crippen LogP contribution in [0.4, 0.5) is 0 Å². The molecular formula is C25H30N4O. The van der Waals surface area contributed by atoms with E-state index in [1.54, 1.807) is 12.3 Å². The zero-order valence-corrected chi connectivity index (χ0v) is 18.5. The Balaban J connectivity index is 1.77. The Labute approximate surface area is 179 Å². The summed E-state index contributed by atoms with van der Waals surface area (Å²) in [6, 6.07) is 12.3. The van der Waals surface area contributed by atoms with Crippen LogP contribution in [0, 0.1) is 20.8 Å². The number of nitrogens with zero attached hydrogens (tertiary/aromatic N) is 4. The first kappa shape index (κ1) is 21.5. The maximum absolute atomic E-state index is 12.9. The van der Waals surface area contributed by atoms with Gasteiger partial charge in [-0.15, -0.1) is 0 Å². The number of aryl methyl sites for hydroxylation is 2. The third-order valence-electron chi connectivity index (χ3n) is 5.54. The van der Waals surface area contributed by atoms with Crippen molar-refractivity contribution >= 4 is 12.0 Å². The zero-order valence-electron chi connectivity index (χ0n) is 18.5. The largest absolute Gasteiger partial charge is 0.333 e. The number of likely N-dealkylation sites (N-methyl/N-ethyl adjacent to an activating group) is 1. The molecule has 3 rings (SSSR count). The predicted molar refractivity (Wildman–Crippen MR) is 121 cm³/mol. The molecule has 0 spiro atoms. The molecule has 0 fully saturated rings. The molecule has 0 aliphatic carbocycles. The summed E-state index contributed by atoms with van der Waals surface area (Å²) in [6.45, 7) is 11.5. The highest BCUT2D eigenvalue weighted by atomic mass is 16.2. The molecule has 0 aliphatic heterocycles. The molecule has 0 saturated heterocycles. The Morgan fingerprint density at radius 3 is 2.53 bits per heavy atom. The summed E-state index contributed by atoms with van der Waals surface area (Å²) in [7, 11) is 0. The van der Waals surface area contributed by atoms with Gasteiger partial charge in [-0.3, -0.25) is 14.5 Å². The lowest BCUT2D eigenvalue weighted by atomic mass is 10.1. The van der Waals surface area contributed by atoms with Gasteiger partial charge < -0.3 is 4.90 Å². The molecule has 0 saturated carbocycles. The molecule has 3 aromatic rings. The first-order chi connectivity index (χ1) is 14.4. The van der Waals surface area contributed by atoms with E-state index in [9.17, 15) is 4.79 Å². The van der Waals surface area contributed by atoms with Crippen molar-refractivity contribution in [3.63, 3.8) is 0 Å². The van der Waals surface area contributed by atoms with Gasteiger partial charge in [0.05, 0.1) is 18.3 Å². The lowest BCUT2D eigenvalue weighted by Gasteiger charge is -2.27. The first-order valence-electron chi connectivity index (χ1n) is 10.4. The van der Waals surface area contributed by atoms with Crippen LogP contribution in [-0.2, 0) is 11.3 Å². The molecule has 30 heavy (non-hydrogen) atoms. The number of carbonyl (C=O) groups excluding carboxylic acids is 1. The quantitative estimate of drug-likeness (QED) is 0.530. The van der Waals surface area contributed by atoms with Crippen molar-refractivity contribution in [3.05, 3.63) is 88.5 Å². The molecule has 0 aliphatic rings. The predicted octanol–water partition coefficient (Wildman–Crippen LogP) is 4.87. The lowest BCUT2D eigenvalue weighted by molar-refractivity contribution is -0.127. The Kier molecular flexibility index (Phi) is 6.83. The van der Waals surface area contributed by atoms with Gasteiger partial charge in [-0.2, -0.15) is 5.10 Å². The van der Waals surface area contributed by atoms with Crippen LogP contribution in [0.15, 0.2) is 54.9 Å². The molecule has 0 bridgehead atoms. The van der Waals surface area contributed by atoms with Crippen molar-refractivity contribution in [3.8, 4) is 0 Å². The van der Waals surface area contributed by atoms with Gasteiger partial charge in [-0.05, 0) is 57.9 Å². The maximum Gasteiger partial charge on any atom is 0.247 e. The van der Waals surface area contributed by atoms with Crippen molar-refractivity contribution in [2.75, 3.05) is 6.54 Å². The van der Waals surface area contributed by atoms with E-state index in [2.05, 4.69) is 41.3 Å². The number of carbonyl (C=O) groups is 1. The highest BCUT2D eigenvalue weighted by molar-refractivity contribution is 5.92. The second kappa shape index (κ2) is 9.53. The molecule has 1 unspecified atom stereocenters. The van der Waals surface area contributed by atoms with E-state index >= 15 is 0 Å². The average Bonchev–Trinajstić information content (AvgIpc) is 3.01. The van der Waals surface area contributed by atoms with Crippen LogP contribution in [-0.4, -0.2) is 32.1 Å². The van der Waals surface area contributed by atoms with Crippen molar-refractivity contribution < 1.29 is 4.79 Å². The molecule has 156 valence electrons. The minimum atomic E-state index is -0.0349. The number of benzene rings is 1. The SMILES string of the molecule is CCN(C(=O)/C=C/c1c(C)nn(Cc2ccc(C)cc2)c1C)C(C)c1cccnc1. The van der Waals surface area contributed by atoms with Gasteiger partial charge in [0, 0.05) is 36.3 Å². The van der Waals surface area contributed by atoms with Gasteiger partial charge in [0.15, 0.2) is 0 Å². The normalized spacial score (nSPS) is 12.3. The molecule has 1 amide bonds. The molecular weight excluding hydrogens is 372 g/mol. The molecule has 1 aromatic carbocycles. The van der Waals surface area contributed by atoms with Gasteiger partial charge in [0.1, 0.15) is 0 Å². The summed E-state index contributed by atoms with van der Waals surface area (Å²) in [4.78, 5) is 18.9. The number of hydrogen-bond donors (Lipinski definition) is 0. The third-order valence-corrected chi connectivity index (χ3v) is 5.54. The zero-order chi connectivity index (χ0) is 21.7. The van der Waals surface area contributed by atoms with Crippen molar-refractivity contribution in [1.82, 2.24) is 19.7 Å². The van der Waals surface area contributed by atoms with Crippen molar-refractivity contribution in [1.29, 1.82) is 0 Å². The minimum Gasteiger partial charge on any atom is -0.333 e. The van der Waals surface area contributed by atoms with E-state index in [-0.39, 0.29) is 11.9 Å². The number of pyridine rings is 1. The number of rotatable bonds is 7. The van der Waals surface area contributed by atoms with Crippen LogP contribution in [0.5, 0.6) is 0 Å². The van der Waals surface area contributed by atoms with Crippen LogP contribution in [0.3, 0.4) is 0 Å². The molecule has 2 aromatic heterocycles. The van der Waals surface area contributed by atoms with E-state index in [0.717, 1.165) is 22.5 Å². The summed E-state index contributed by atoms with van der Waals surface area (Å²) in [5.74, 6) is -0.0149. The highest BCUT2D eigenvalue weighted by Gasteiger charge is 2.18. The van der Waals surface area contributed by atoms with Crippen LogP contribution in [0.1, 0.15) is 53.5 Å². The van der Waals surface area contributed by atoms with Gasteiger partial charge in [-0.25, -0.2) is 0 Å². The third kappa shape index (κ3) is 4.85. The van der Waals surface area contributed by atoms with E-state index in [1.165, 1.54) is 11.1 Å². The molecule has 5 nitrogen and oxygen atoms in total. The van der Waals surface area contributed by atoms with Crippen LogP contribution >= 0.6 is 0 Å². The van der Waals surface area contributed by atoms with Gasteiger partial charge in [-0.1, -0.05) is 35.9 Å². The van der Waals surface area contributed by atoms with Gasteiger partial charge in [0.25, 0.3) is 0 Å². The molecule has 2 heterocycles. The fourth-order valence-electron chi connectivity index (χ4n) is 3.65. The number of hydrogen-bond acceptors (Lipinski definition) is 3. The Morgan fingerprint density at radius 2 is 1.90 bits per heavy atom. The summed E-state index contributed by atoms with van der Waals surface area (Å²) < 4.78 is 2.00. The first-order valence-corrected chi connectivity index (χ1v) is 10.4.